The summed E-state index contributed by atoms with van der Waals surface area (Å²) in [5.74, 6) is -1.15. The summed E-state index contributed by atoms with van der Waals surface area (Å²) in [5, 5.41) is 30.7. The van der Waals surface area contributed by atoms with Gasteiger partial charge < -0.3 is 35.8 Å². The summed E-state index contributed by atoms with van der Waals surface area (Å²) >= 11 is 0. The molecule has 5 atom stereocenters. The number of hydrogen-bond acceptors (Lipinski definition) is 7. The van der Waals surface area contributed by atoms with E-state index in [1.807, 2.05) is 56.1 Å². The van der Waals surface area contributed by atoms with Crippen molar-refractivity contribution in [2.24, 2.45) is 11.8 Å². The summed E-state index contributed by atoms with van der Waals surface area (Å²) in [6.45, 7) is 10.5. The summed E-state index contributed by atoms with van der Waals surface area (Å²) in [6.07, 6.45) is 1.26. The number of aliphatic hydroxyl groups is 1. The Kier molecular flexibility index (Phi) is 13.9. The van der Waals surface area contributed by atoms with E-state index in [-0.39, 0.29) is 36.3 Å². The molecule has 10 heteroatoms. The molecule has 5 N–H and O–H groups in total. The second-order valence-electron chi connectivity index (χ2n) is 13.6. The van der Waals surface area contributed by atoms with Gasteiger partial charge in [0.05, 0.1) is 12.1 Å². The van der Waals surface area contributed by atoms with Crippen LogP contribution in [0.4, 0.5) is 4.79 Å². The molecule has 2 aromatic rings. The molecule has 1 fully saturated rings. The van der Waals surface area contributed by atoms with Crippen molar-refractivity contribution in [2.75, 3.05) is 20.1 Å². The highest BCUT2D eigenvalue weighted by Gasteiger charge is 2.35. The SMILES string of the molecule is CC[C@H](C)[C@H](NC(=O)[C@H](Cc1ccc(O)cc1)C[C@H](O)[C@H](Cc1ccccc1)NC(=O)OC(C)(C)C)C(=O)N1CCC(NC)CC1. The van der Waals surface area contributed by atoms with Crippen LogP contribution >= 0.6 is 0 Å². The quantitative estimate of drug-likeness (QED) is 0.209. The third-order valence-electron chi connectivity index (χ3n) is 8.77. The number of phenols is 1. The number of likely N-dealkylation sites (tertiary alicyclic amines) is 1. The number of aromatic hydroxyl groups is 1. The van der Waals surface area contributed by atoms with Crippen molar-refractivity contribution in [1.82, 2.24) is 20.9 Å². The molecule has 0 aromatic heterocycles. The predicted molar refractivity (Wildman–Crippen MR) is 179 cm³/mol. The molecule has 0 saturated carbocycles. The maximum absolute atomic E-state index is 14.1. The number of rotatable bonds is 14. The molecule has 0 aliphatic carbocycles. The first-order chi connectivity index (χ1) is 21.8. The van der Waals surface area contributed by atoms with Gasteiger partial charge in [-0.05, 0) is 89.1 Å². The van der Waals surface area contributed by atoms with E-state index in [1.165, 1.54) is 0 Å². The van der Waals surface area contributed by atoms with Crippen LogP contribution in [0.2, 0.25) is 0 Å². The highest BCUT2D eigenvalue weighted by atomic mass is 16.6. The fraction of sp³-hybridized carbons (Fsp3) is 0.583. The highest BCUT2D eigenvalue weighted by molar-refractivity contribution is 5.89. The number of alkyl carbamates (subject to hydrolysis) is 1. The maximum Gasteiger partial charge on any atom is 0.407 e. The lowest BCUT2D eigenvalue weighted by molar-refractivity contribution is -0.140. The largest absolute Gasteiger partial charge is 0.508 e. The molecule has 46 heavy (non-hydrogen) atoms. The van der Waals surface area contributed by atoms with E-state index in [2.05, 4.69) is 16.0 Å². The van der Waals surface area contributed by atoms with Crippen LogP contribution in [0.5, 0.6) is 5.75 Å². The van der Waals surface area contributed by atoms with Crippen LogP contribution in [-0.2, 0) is 27.2 Å². The van der Waals surface area contributed by atoms with Gasteiger partial charge in [-0.3, -0.25) is 9.59 Å². The lowest BCUT2D eigenvalue weighted by Crippen LogP contribution is -2.56. The minimum absolute atomic E-state index is 0.0228. The van der Waals surface area contributed by atoms with Crippen molar-refractivity contribution in [3.63, 3.8) is 0 Å². The van der Waals surface area contributed by atoms with E-state index in [0.29, 0.717) is 32.0 Å². The topological polar surface area (TPSA) is 140 Å². The molecule has 0 unspecified atom stereocenters. The molecule has 0 radical (unpaired) electrons. The van der Waals surface area contributed by atoms with Crippen LogP contribution in [0.15, 0.2) is 54.6 Å². The van der Waals surface area contributed by atoms with Crippen molar-refractivity contribution in [2.45, 2.75) is 103 Å². The smallest absolute Gasteiger partial charge is 0.407 e. The summed E-state index contributed by atoms with van der Waals surface area (Å²) in [7, 11) is 1.93. The molecule has 2 aromatic carbocycles. The van der Waals surface area contributed by atoms with Crippen molar-refractivity contribution >= 4 is 17.9 Å². The number of amides is 3. The van der Waals surface area contributed by atoms with Gasteiger partial charge in [-0.25, -0.2) is 4.79 Å². The van der Waals surface area contributed by atoms with E-state index in [0.717, 1.165) is 24.0 Å². The number of nitrogens with one attached hydrogen (secondary N) is 3. The van der Waals surface area contributed by atoms with E-state index < -0.39 is 35.8 Å². The van der Waals surface area contributed by atoms with Gasteiger partial charge in [0.15, 0.2) is 0 Å². The van der Waals surface area contributed by atoms with Crippen molar-refractivity contribution < 1.29 is 29.3 Å². The number of aliphatic hydroxyl groups excluding tert-OH is 1. The average molecular weight is 639 g/mol. The molecule has 3 amide bonds. The predicted octanol–water partition coefficient (Wildman–Crippen LogP) is 4.18. The number of carbonyl (C=O) groups is 3. The Bertz CT molecular complexity index is 1240. The number of piperidine rings is 1. The van der Waals surface area contributed by atoms with Gasteiger partial charge in [0.25, 0.3) is 0 Å². The summed E-state index contributed by atoms with van der Waals surface area (Å²) < 4.78 is 5.49. The van der Waals surface area contributed by atoms with Crippen LogP contribution in [0, 0.1) is 11.8 Å². The zero-order valence-electron chi connectivity index (χ0n) is 28.3. The highest BCUT2D eigenvalue weighted by Crippen LogP contribution is 2.23. The number of ether oxygens (including phenoxy) is 1. The minimum atomic E-state index is -1.11. The second-order valence-corrected chi connectivity index (χ2v) is 13.6. The lowest BCUT2D eigenvalue weighted by atomic mass is 9.87. The number of benzene rings is 2. The molecule has 1 aliphatic heterocycles. The van der Waals surface area contributed by atoms with Gasteiger partial charge in [-0.1, -0.05) is 62.7 Å². The van der Waals surface area contributed by atoms with Gasteiger partial charge in [0, 0.05) is 25.0 Å². The summed E-state index contributed by atoms with van der Waals surface area (Å²) in [4.78, 5) is 42.5. The van der Waals surface area contributed by atoms with Crippen molar-refractivity contribution in [3.8, 4) is 5.75 Å². The third-order valence-corrected chi connectivity index (χ3v) is 8.77. The molecule has 1 saturated heterocycles. The zero-order valence-corrected chi connectivity index (χ0v) is 28.3. The Morgan fingerprint density at radius 3 is 2.13 bits per heavy atom. The Morgan fingerprint density at radius 2 is 1.57 bits per heavy atom. The summed E-state index contributed by atoms with van der Waals surface area (Å²) in [6, 6.07) is 15.0. The van der Waals surface area contributed by atoms with Gasteiger partial charge in [0.2, 0.25) is 11.8 Å². The van der Waals surface area contributed by atoms with E-state index in [1.54, 1.807) is 45.0 Å². The number of hydrogen-bond donors (Lipinski definition) is 5. The molecule has 0 bridgehead atoms. The van der Waals surface area contributed by atoms with Gasteiger partial charge in [-0.2, -0.15) is 0 Å². The fourth-order valence-electron chi connectivity index (χ4n) is 5.81. The van der Waals surface area contributed by atoms with E-state index in [9.17, 15) is 24.6 Å². The first-order valence-electron chi connectivity index (χ1n) is 16.5. The van der Waals surface area contributed by atoms with Gasteiger partial charge in [0.1, 0.15) is 17.4 Å². The Hall–Kier alpha value is -3.63. The number of phenolic OH excluding ortho intramolecular Hbond substituents is 1. The maximum atomic E-state index is 14.1. The van der Waals surface area contributed by atoms with Crippen LogP contribution in [0.25, 0.3) is 0 Å². The molecule has 0 spiro atoms. The molecule has 1 aliphatic rings. The summed E-state index contributed by atoms with van der Waals surface area (Å²) in [5.41, 5.74) is 0.977. The van der Waals surface area contributed by atoms with Crippen molar-refractivity contribution in [1.29, 1.82) is 0 Å². The lowest BCUT2D eigenvalue weighted by Gasteiger charge is -2.36. The average Bonchev–Trinajstić information content (AvgIpc) is 3.02. The van der Waals surface area contributed by atoms with Crippen LogP contribution in [0.1, 0.15) is 71.4 Å². The Morgan fingerprint density at radius 1 is 0.957 bits per heavy atom. The molecule has 254 valence electrons. The molecular weight excluding hydrogens is 584 g/mol. The van der Waals surface area contributed by atoms with Crippen LogP contribution in [0.3, 0.4) is 0 Å². The van der Waals surface area contributed by atoms with Crippen LogP contribution in [-0.4, -0.2) is 83.0 Å². The normalized spacial score (nSPS) is 17.3. The monoisotopic (exact) mass is 638 g/mol. The second kappa shape index (κ2) is 17.3. The standard InChI is InChI=1S/C36H54N4O6/c1-7-24(2)32(34(44)40-19-17-28(37-6)18-20-40)39-33(43)27(21-26-13-15-29(41)16-14-26)23-31(42)30(22-25-11-9-8-10-12-25)38-35(45)46-36(3,4)5/h8-16,24,27-28,30-32,37,41-42H,7,17-23H2,1-6H3,(H,38,45)(H,39,43)/t24-,27+,30-,31-,32-/m0/s1. The first kappa shape index (κ1) is 36.8. The molecule has 10 nitrogen and oxygen atoms in total. The zero-order chi connectivity index (χ0) is 33.9. The third kappa shape index (κ3) is 11.6. The first-order valence-corrected chi connectivity index (χ1v) is 16.5. The molecular formula is C36H54N4O6. The minimum Gasteiger partial charge on any atom is -0.508 e. The number of carbonyl (C=O) groups excluding carboxylic acids is 3. The van der Waals surface area contributed by atoms with Gasteiger partial charge in [-0.15, -0.1) is 0 Å². The molecule has 1 heterocycles. The Balaban J connectivity index is 1.85. The van der Waals surface area contributed by atoms with E-state index >= 15 is 0 Å². The fourth-order valence-corrected chi connectivity index (χ4v) is 5.81. The molecule has 3 rings (SSSR count). The van der Waals surface area contributed by atoms with Crippen molar-refractivity contribution in [3.05, 3.63) is 65.7 Å². The number of nitrogens with zero attached hydrogens (tertiary/aromatic N) is 1. The van der Waals surface area contributed by atoms with Gasteiger partial charge >= 0.3 is 6.09 Å². The Labute approximate surface area is 274 Å². The van der Waals surface area contributed by atoms with Crippen LogP contribution < -0.4 is 16.0 Å². The van der Waals surface area contributed by atoms with E-state index in [4.69, 9.17) is 4.74 Å².